The van der Waals surface area contributed by atoms with Crippen LogP contribution in [0.5, 0.6) is 5.75 Å². The third kappa shape index (κ3) is 16.1. The molecule has 11 rings (SSSR count). The van der Waals surface area contributed by atoms with Gasteiger partial charge in [-0.2, -0.15) is 23.5 Å². The number of aliphatic hydroxyl groups is 1. The second-order valence-corrected chi connectivity index (χ2v) is 27.9. The Labute approximate surface area is 572 Å². The number of carbonyl (C=O) groups is 9. The van der Waals surface area contributed by atoms with Gasteiger partial charge in [-0.05, 0) is 142 Å². The van der Waals surface area contributed by atoms with Gasteiger partial charge in [0, 0.05) is 103 Å². The van der Waals surface area contributed by atoms with Crippen LogP contribution < -0.4 is 42.0 Å². The Morgan fingerprint density at radius 2 is 1.43 bits per heavy atom. The van der Waals surface area contributed by atoms with Crippen LogP contribution in [0, 0.1) is 11.6 Å². The Kier molecular flexibility index (Phi) is 21.9. The van der Waals surface area contributed by atoms with E-state index in [1.54, 1.807) is 76.9 Å². The molecule has 4 aliphatic rings. The number of rotatable bonds is 6. The van der Waals surface area contributed by atoms with E-state index in [1.807, 2.05) is 18.2 Å². The molecular formula is C69H80F2N14O11S2. The molecular weight excluding hydrogens is 1300 g/mol. The predicted molar refractivity (Wildman–Crippen MR) is 363 cm³/mol. The number of aromatic nitrogens is 5. The first-order valence-corrected chi connectivity index (χ1v) is 35.1. The van der Waals surface area contributed by atoms with Gasteiger partial charge in [0.1, 0.15) is 70.9 Å². The summed E-state index contributed by atoms with van der Waals surface area (Å²) in [5, 5.41) is 40.7. The molecule has 2 fully saturated rings. The second kappa shape index (κ2) is 30.6. The molecule has 8 bridgehead atoms. The number of H-pyrrole nitrogens is 1. The Morgan fingerprint density at radius 3 is 2.17 bits per heavy atom. The SMILES string of the molecule is COc1ccc(C[C@@H]2NC(=O)[C@H]([C@@H](C)O)NC(=O)[C@@H]3CCCN3C(=O)[C@H]3Cc4cn(c5ccc(F)cc45)Cc4cn(nn4)-c4cc(cc(c4)CSCCC(=O)N[C@@H](C)C(=O)N[C@H](C)C(=O)N[C@@H](Cc4c[nH]c5ccc(F)cc45)C(=O)N3)CSCCNC(=O)[C@]3(C)CCCN3C2=O)cc1. The van der Waals surface area contributed by atoms with Crippen molar-refractivity contribution in [3.05, 3.63) is 143 Å². The lowest BCUT2D eigenvalue weighted by Gasteiger charge is -2.37. The molecule has 7 heterocycles. The van der Waals surface area contributed by atoms with Crippen molar-refractivity contribution < 1.29 is 61.8 Å². The molecule has 518 valence electrons. The number of benzene rings is 4. The van der Waals surface area contributed by atoms with E-state index in [1.165, 1.54) is 79.8 Å². The maximum Gasteiger partial charge on any atom is 0.246 e. The monoisotopic (exact) mass is 1380 g/mol. The molecule has 9 atom stereocenters. The van der Waals surface area contributed by atoms with Crippen LogP contribution in [0.2, 0.25) is 0 Å². The fourth-order valence-corrected chi connectivity index (χ4v) is 14.9. The fourth-order valence-electron chi connectivity index (χ4n) is 13.2. The first kappa shape index (κ1) is 70.0. The minimum absolute atomic E-state index is 0.0409. The van der Waals surface area contributed by atoms with Crippen molar-refractivity contribution >= 4 is 98.5 Å². The number of hydrogen-bond donors (Lipinski definition) is 9. The maximum absolute atomic E-state index is 15.8. The Morgan fingerprint density at radius 1 is 0.724 bits per heavy atom. The summed E-state index contributed by atoms with van der Waals surface area (Å²) in [6, 6.07) is 11.1. The summed E-state index contributed by atoms with van der Waals surface area (Å²) < 4.78 is 39.5. The number of halogens is 2. The molecule has 0 aliphatic carbocycles. The van der Waals surface area contributed by atoms with Gasteiger partial charge in [-0.25, -0.2) is 13.5 Å². The number of nitrogens with one attached hydrogen (secondary N) is 8. The molecule has 25 nitrogen and oxygen atoms in total. The van der Waals surface area contributed by atoms with E-state index in [4.69, 9.17) is 4.74 Å². The maximum atomic E-state index is 15.8. The zero-order valence-corrected chi connectivity index (χ0v) is 56.6. The van der Waals surface area contributed by atoms with Crippen LogP contribution in [0.25, 0.3) is 27.5 Å². The largest absolute Gasteiger partial charge is 0.497 e. The highest BCUT2D eigenvalue weighted by Gasteiger charge is 2.48. The highest BCUT2D eigenvalue weighted by atomic mass is 32.2. The number of aliphatic hydroxyl groups excluding tert-OH is 1. The highest BCUT2D eigenvalue weighted by molar-refractivity contribution is 7.98. The van der Waals surface area contributed by atoms with Crippen molar-refractivity contribution in [3.63, 3.8) is 0 Å². The number of hydrogen-bond acceptors (Lipinski definition) is 15. The average Bonchev–Trinajstić information content (AvgIpc) is 1.48. The number of thioether (sulfide) groups is 2. The third-order valence-corrected chi connectivity index (χ3v) is 20.6. The van der Waals surface area contributed by atoms with E-state index in [0.717, 1.165) is 11.1 Å². The number of amides is 9. The number of carbonyl (C=O) groups excluding carboxylic acids is 9. The van der Waals surface area contributed by atoms with E-state index in [2.05, 4.69) is 52.5 Å². The number of ether oxygens (including phenoxy) is 1. The molecule has 2 saturated heterocycles. The van der Waals surface area contributed by atoms with Crippen LogP contribution in [-0.2, 0) is 80.5 Å². The highest BCUT2D eigenvalue weighted by Crippen LogP contribution is 2.33. The molecule has 9 amide bonds. The summed E-state index contributed by atoms with van der Waals surface area (Å²) in [4.78, 5) is 138. The first-order chi connectivity index (χ1) is 47.0. The summed E-state index contributed by atoms with van der Waals surface area (Å²) >= 11 is 3.06. The van der Waals surface area contributed by atoms with Gasteiger partial charge < -0.3 is 66.4 Å². The lowest BCUT2D eigenvalue weighted by molar-refractivity contribution is -0.147. The Balaban J connectivity index is 1.00. The topological polar surface area (TPSA) is 325 Å². The summed E-state index contributed by atoms with van der Waals surface area (Å²) in [6.07, 6.45) is 3.88. The number of methoxy groups -OCH3 is 1. The molecule has 0 unspecified atom stereocenters. The van der Waals surface area contributed by atoms with E-state index in [-0.39, 0.29) is 70.6 Å². The normalized spacial score (nSPS) is 24.6. The van der Waals surface area contributed by atoms with Gasteiger partial charge in [-0.3, -0.25) is 43.2 Å². The molecule has 4 aliphatic heterocycles. The first-order valence-electron chi connectivity index (χ1n) is 32.8. The standard InChI is InChI=1S/C69H80F2N14O11S2/c1-38-61(88)75-39(2)62(89)76-54(28-44-32-73-53-15-11-46(70)30-51(44)53)63(90)77-56-29-45-33-82(57-16-12-47(71)31-52(45)57)34-48-35-85(81-80-48)49-25-42(36-97-22-17-59(87)74-38)24-43(26-49)37-98-23-19-72-68(95)69(4)18-7-21-84(69)67(94)55(27-41-9-13-50(96-5)14-10-41)78-65(92)60(40(3)86)79-64(91)58-8-6-20-83(58)66(56)93/h9-16,24-26,30-33,35,38-40,54-56,58,60,73,86H,6-8,17-23,27-29,34,36-37H2,1-5H3,(H,72,95)(H,74,87)(H,75,88)(H,76,89)(H,77,90)(H,78,92)(H,79,91)/t38-,39+,40+,54-,55-,56+,58-,60-,69-/m0/s1. The Hall–Kier alpha value is -9.35. The zero-order valence-electron chi connectivity index (χ0n) is 55.0. The van der Waals surface area contributed by atoms with E-state index >= 15 is 18.8 Å². The molecule has 7 aromatic rings. The second-order valence-electron chi connectivity index (χ2n) is 25.7. The predicted octanol–water partition coefficient (Wildman–Crippen LogP) is 3.77. The third-order valence-electron chi connectivity index (χ3n) is 18.5. The number of aromatic amines is 1. The van der Waals surface area contributed by atoms with Crippen LogP contribution in [0.3, 0.4) is 0 Å². The molecule has 0 spiro atoms. The molecule has 0 radical (unpaired) electrons. The number of nitrogens with zero attached hydrogens (tertiary/aromatic N) is 6. The van der Waals surface area contributed by atoms with Gasteiger partial charge in [0.25, 0.3) is 0 Å². The van der Waals surface area contributed by atoms with Crippen LogP contribution >= 0.6 is 23.5 Å². The van der Waals surface area contributed by atoms with E-state index < -0.39 is 113 Å². The van der Waals surface area contributed by atoms with Gasteiger partial charge in [-0.1, -0.05) is 23.4 Å². The van der Waals surface area contributed by atoms with Crippen molar-refractivity contribution in [2.45, 2.75) is 151 Å². The van der Waals surface area contributed by atoms with Crippen molar-refractivity contribution in [1.29, 1.82) is 0 Å². The molecule has 4 aromatic carbocycles. The van der Waals surface area contributed by atoms with Crippen molar-refractivity contribution in [2.24, 2.45) is 0 Å². The van der Waals surface area contributed by atoms with Crippen LogP contribution in [0.15, 0.2) is 97.5 Å². The van der Waals surface area contributed by atoms with Crippen molar-refractivity contribution in [2.75, 3.05) is 38.2 Å². The lowest BCUT2D eigenvalue weighted by Crippen LogP contribution is -2.63. The molecule has 3 aromatic heterocycles. The van der Waals surface area contributed by atoms with Gasteiger partial charge in [0.15, 0.2) is 0 Å². The van der Waals surface area contributed by atoms with Gasteiger partial charge in [0.2, 0.25) is 53.2 Å². The minimum Gasteiger partial charge on any atom is -0.497 e. The summed E-state index contributed by atoms with van der Waals surface area (Å²) in [6.45, 7) is 6.30. The minimum atomic E-state index is -1.71. The van der Waals surface area contributed by atoms with Crippen LogP contribution in [0.1, 0.15) is 93.3 Å². The van der Waals surface area contributed by atoms with Gasteiger partial charge in [-0.15, -0.1) is 5.10 Å². The zero-order chi connectivity index (χ0) is 69.5. The summed E-state index contributed by atoms with van der Waals surface area (Å²) in [7, 11) is 1.51. The molecule has 9 N–H and O–H groups in total. The molecule has 98 heavy (non-hydrogen) atoms. The quantitative estimate of drug-likeness (QED) is 0.114. The average molecular weight is 1380 g/mol. The Bertz CT molecular complexity index is 4180. The summed E-state index contributed by atoms with van der Waals surface area (Å²) in [5.74, 6) is -5.30. The van der Waals surface area contributed by atoms with Crippen LogP contribution in [-0.4, -0.2) is 185 Å². The lowest BCUT2D eigenvalue weighted by atomic mass is 9.95. The smallest absolute Gasteiger partial charge is 0.246 e. The van der Waals surface area contributed by atoms with Gasteiger partial charge >= 0.3 is 0 Å². The van der Waals surface area contributed by atoms with E-state index in [0.29, 0.717) is 91.5 Å². The number of fused-ring (bicyclic) bond motifs is 7. The molecule has 0 saturated carbocycles. The van der Waals surface area contributed by atoms with Crippen LogP contribution in [0.4, 0.5) is 8.78 Å². The van der Waals surface area contributed by atoms with Crippen molar-refractivity contribution in [1.82, 2.24) is 71.6 Å². The van der Waals surface area contributed by atoms with Crippen molar-refractivity contribution in [3.8, 4) is 11.4 Å². The fraction of sp³-hybridized carbons (Fsp3) is 0.435. The molecule has 29 heteroatoms. The van der Waals surface area contributed by atoms with Gasteiger partial charge in [0.05, 0.1) is 31.6 Å². The van der Waals surface area contributed by atoms with E-state index in [9.17, 15) is 38.3 Å². The summed E-state index contributed by atoms with van der Waals surface area (Å²) in [5.41, 5.74) is 4.04.